The summed E-state index contributed by atoms with van der Waals surface area (Å²) in [6, 6.07) is 9.89. The first-order chi connectivity index (χ1) is 7.33. The van der Waals surface area contributed by atoms with Crippen LogP contribution in [0.4, 0.5) is 5.82 Å². The first-order valence-corrected chi connectivity index (χ1v) is 5.15. The first-order valence-electron chi connectivity index (χ1n) is 5.15. The number of pyridine rings is 1. The summed E-state index contributed by atoms with van der Waals surface area (Å²) >= 11 is 0. The molecule has 0 radical (unpaired) electrons. The standard InChI is InChI=1S/C12H12N2O/c13-12-10-4-2-1-3-8(10)7-11(14-12)15-9-5-6-9/h1-4,7,9H,5-6H2,(H2,13,14). The minimum Gasteiger partial charge on any atom is -0.474 e. The number of rotatable bonds is 2. The Bertz CT molecular complexity index is 506. The van der Waals surface area contributed by atoms with E-state index in [9.17, 15) is 0 Å². The molecule has 3 rings (SSSR count). The number of fused-ring (bicyclic) bond motifs is 1. The van der Waals surface area contributed by atoms with E-state index in [0.29, 0.717) is 17.8 Å². The topological polar surface area (TPSA) is 48.1 Å². The van der Waals surface area contributed by atoms with Gasteiger partial charge in [-0.1, -0.05) is 24.3 Å². The molecule has 15 heavy (non-hydrogen) atoms. The summed E-state index contributed by atoms with van der Waals surface area (Å²) in [5.74, 6) is 1.19. The second-order valence-corrected chi connectivity index (χ2v) is 3.88. The van der Waals surface area contributed by atoms with Crippen LogP contribution in [0.1, 0.15) is 12.8 Å². The maximum absolute atomic E-state index is 5.86. The lowest BCUT2D eigenvalue weighted by atomic mass is 10.1. The van der Waals surface area contributed by atoms with E-state index in [1.807, 2.05) is 30.3 Å². The minimum absolute atomic E-state index is 0.359. The molecule has 1 aliphatic carbocycles. The van der Waals surface area contributed by atoms with Crippen molar-refractivity contribution in [2.24, 2.45) is 0 Å². The smallest absolute Gasteiger partial charge is 0.216 e. The molecule has 3 heteroatoms. The quantitative estimate of drug-likeness (QED) is 0.809. The second kappa shape index (κ2) is 3.12. The van der Waals surface area contributed by atoms with E-state index in [1.165, 1.54) is 0 Å². The molecule has 0 bridgehead atoms. The highest BCUT2D eigenvalue weighted by Gasteiger charge is 2.24. The molecule has 1 aromatic carbocycles. The Morgan fingerprint density at radius 2 is 2.07 bits per heavy atom. The molecular weight excluding hydrogens is 188 g/mol. The molecule has 0 atom stereocenters. The van der Waals surface area contributed by atoms with Gasteiger partial charge in [0.1, 0.15) is 11.9 Å². The van der Waals surface area contributed by atoms with Gasteiger partial charge in [0.2, 0.25) is 5.88 Å². The van der Waals surface area contributed by atoms with E-state index < -0.39 is 0 Å². The number of nitrogens with two attached hydrogens (primary N) is 1. The van der Waals surface area contributed by atoms with Crippen LogP contribution in [-0.2, 0) is 0 Å². The SMILES string of the molecule is Nc1nc(OC2CC2)cc2ccccc12. The molecular formula is C12H12N2O. The summed E-state index contributed by atoms with van der Waals surface area (Å²) in [7, 11) is 0. The molecule has 76 valence electrons. The average molecular weight is 200 g/mol. The van der Waals surface area contributed by atoms with Gasteiger partial charge in [0.15, 0.2) is 0 Å². The number of aromatic nitrogens is 1. The van der Waals surface area contributed by atoms with Crippen molar-refractivity contribution < 1.29 is 4.74 Å². The zero-order valence-corrected chi connectivity index (χ0v) is 8.31. The molecule has 0 unspecified atom stereocenters. The van der Waals surface area contributed by atoms with E-state index in [1.54, 1.807) is 0 Å². The minimum atomic E-state index is 0.359. The van der Waals surface area contributed by atoms with Crippen LogP contribution in [0, 0.1) is 0 Å². The molecule has 1 aromatic heterocycles. The molecule has 2 N–H and O–H groups in total. The molecule has 1 saturated carbocycles. The Labute approximate surface area is 87.9 Å². The van der Waals surface area contributed by atoms with Gasteiger partial charge >= 0.3 is 0 Å². The van der Waals surface area contributed by atoms with Crippen LogP contribution >= 0.6 is 0 Å². The van der Waals surface area contributed by atoms with Crippen LogP contribution in [0.3, 0.4) is 0 Å². The van der Waals surface area contributed by atoms with Gasteiger partial charge in [0.05, 0.1) is 0 Å². The normalized spacial score (nSPS) is 15.5. The number of benzene rings is 1. The maximum Gasteiger partial charge on any atom is 0.216 e. The van der Waals surface area contributed by atoms with Gasteiger partial charge < -0.3 is 10.5 Å². The lowest BCUT2D eigenvalue weighted by molar-refractivity contribution is 0.292. The van der Waals surface area contributed by atoms with Gasteiger partial charge in [0.25, 0.3) is 0 Å². The fraction of sp³-hybridized carbons (Fsp3) is 0.250. The largest absolute Gasteiger partial charge is 0.474 e. The predicted molar refractivity (Wildman–Crippen MR) is 59.8 cm³/mol. The van der Waals surface area contributed by atoms with Gasteiger partial charge in [-0.15, -0.1) is 0 Å². The second-order valence-electron chi connectivity index (χ2n) is 3.88. The summed E-state index contributed by atoms with van der Waals surface area (Å²) in [4.78, 5) is 4.24. The van der Waals surface area contributed by atoms with Crippen LogP contribution in [0.15, 0.2) is 30.3 Å². The highest BCUT2D eigenvalue weighted by atomic mass is 16.5. The summed E-state index contributed by atoms with van der Waals surface area (Å²) in [5, 5.41) is 2.07. The van der Waals surface area contributed by atoms with Gasteiger partial charge in [-0.3, -0.25) is 0 Å². The molecule has 0 saturated heterocycles. The van der Waals surface area contributed by atoms with Crippen molar-refractivity contribution in [3.8, 4) is 5.88 Å². The van der Waals surface area contributed by atoms with Crippen LogP contribution in [0.5, 0.6) is 5.88 Å². The number of nitrogen functional groups attached to an aromatic ring is 1. The zero-order chi connectivity index (χ0) is 10.3. The predicted octanol–water partition coefficient (Wildman–Crippen LogP) is 2.36. The fourth-order valence-corrected chi connectivity index (χ4v) is 1.62. The van der Waals surface area contributed by atoms with E-state index in [2.05, 4.69) is 4.98 Å². The molecule has 1 heterocycles. The highest BCUT2D eigenvalue weighted by molar-refractivity contribution is 5.91. The van der Waals surface area contributed by atoms with Gasteiger partial charge in [0, 0.05) is 11.5 Å². The van der Waals surface area contributed by atoms with Crippen molar-refractivity contribution in [3.63, 3.8) is 0 Å². The maximum atomic E-state index is 5.86. The molecule has 1 fully saturated rings. The lowest BCUT2D eigenvalue weighted by Gasteiger charge is -2.06. The highest BCUT2D eigenvalue weighted by Crippen LogP contribution is 2.29. The third-order valence-electron chi connectivity index (χ3n) is 2.56. The van der Waals surface area contributed by atoms with Crippen LogP contribution in [0.25, 0.3) is 10.8 Å². The van der Waals surface area contributed by atoms with E-state index in [0.717, 1.165) is 23.6 Å². The summed E-state index contributed by atoms with van der Waals surface area (Å²) < 4.78 is 5.62. The number of nitrogens with zero attached hydrogens (tertiary/aromatic N) is 1. The first kappa shape index (κ1) is 8.53. The van der Waals surface area contributed by atoms with Crippen molar-refractivity contribution in [1.29, 1.82) is 0 Å². The Morgan fingerprint density at radius 3 is 2.87 bits per heavy atom. The summed E-state index contributed by atoms with van der Waals surface area (Å²) in [6.07, 6.45) is 2.63. The van der Waals surface area contributed by atoms with Crippen LogP contribution in [-0.4, -0.2) is 11.1 Å². The third-order valence-corrected chi connectivity index (χ3v) is 2.56. The number of hydrogen-bond donors (Lipinski definition) is 1. The molecule has 3 nitrogen and oxygen atoms in total. The van der Waals surface area contributed by atoms with Gasteiger partial charge in [-0.25, -0.2) is 0 Å². The Hall–Kier alpha value is -1.77. The average Bonchev–Trinajstić information content (AvgIpc) is 3.02. The fourth-order valence-electron chi connectivity index (χ4n) is 1.62. The Balaban J connectivity index is 2.09. The molecule has 1 aliphatic rings. The molecule has 2 aromatic rings. The van der Waals surface area contributed by atoms with Crippen molar-refractivity contribution >= 4 is 16.6 Å². The summed E-state index contributed by atoms with van der Waals surface area (Å²) in [6.45, 7) is 0. The third kappa shape index (κ3) is 1.61. The monoisotopic (exact) mass is 200 g/mol. The van der Waals surface area contributed by atoms with E-state index in [-0.39, 0.29) is 0 Å². The summed E-state index contributed by atoms with van der Waals surface area (Å²) in [5.41, 5.74) is 5.86. The van der Waals surface area contributed by atoms with Crippen molar-refractivity contribution in [2.45, 2.75) is 18.9 Å². The van der Waals surface area contributed by atoms with Gasteiger partial charge in [-0.05, 0) is 18.2 Å². The van der Waals surface area contributed by atoms with Gasteiger partial charge in [-0.2, -0.15) is 4.98 Å². The number of hydrogen-bond acceptors (Lipinski definition) is 3. The zero-order valence-electron chi connectivity index (χ0n) is 8.31. The van der Waals surface area contributed by atoms with Crippen molar-refractivity contribution in [2.75, 3.05) is 5.73 Å². The Morgan fingerprint density at radius 1 is 1.27 bits per heavy atom. The number of ether oxygens (including phenoxy) is 1. The lowest BCUT2D eigenvalue weighted by Crippen LogP contribution is -2.00. The molecule has 0 amide bonds. The Kier molecular flexibility index (Phi) is 1.78. The molecule has 0 aliphatic heterocycles. The van der Waals surface area contributed by atoms with Crippen LogP contribution < -0.4 is 10.5 Å². The van der Waals surface area contributed by atoms with Crippen LogP contribution in [0.2, 0.25) is 0 Å². The number of anilines is 1. The van der Waals surface area contributed by atoms with E-state index in [4.69, 9.17) is 10.5 Å². The van der Waals surface area contributed by atoms with Crippen molar-refractivity contribution in [3.05, 3.63) is 30.3 Å². The van der Waals surface area contributed by atoms with Crippen molar-refractivity contribution in [1.82, 2.24) is 4.98 Å². The van der Waals surface area contributed by atoms with E-state index >= 15 is 0 Å². The molecule has 0 spiro atoms.